The third-order valence-electron chi connectivity index (χ3n) is 4.95. The summed E-state index contributed by atoms with van der Waals surface area (Å²) in [6.45, 7) is 6.30. The third-order valence-corrected chi connectivity index (χ3v) is 4.95. The molecule has 0 aliphatic carbocycles. The number of nitrogens with one attached hydrogen (secondary N) is 1. The lowest BCUT2D eigenvalue weighted by Gasteiger charge is -2.32. The van der Waals surface area contributed by atoms with Gasteiger partial charge in [-0.15, -0.1) is 0 Å². The molecule has 1 aliphatic rings. The Hall–Kier alpha value is -3.55. The average Bonchev–Trinajstić information content (AvgIpc) is 2.74. The molecule has 0 atom stereocenters. The van der Waals surface area contributed by atoms with Crippen LogP contribution in [0.5, 0.6) is 5.75 Å². The lowest BCUT2D eigenvalue weighted by Crippen LogP contribution is -2.40. The maximum atomic E-state index is 12.6. The Morgan fingerprint density at radius 1 is 1.09 bits per heavy atom. The first kappa shape index (κ1) is 23.1. The lowest BCUT2D eigenvalue weighted by molar-refractivity contribution is -0.123. The molecule has 3 N–H and O–H groups in total. The van der Waals surface area contributed by atoms with Gasteiger partial charge < -0.3 is 20.5 Å². The second-order valence-electron chi connectivity index (χ2n) is 8.60. The third kappa shape index (κ3) is 6.00. The number of rotatable bonds is 6. The monoisotopic (exact) mass is 439 g/mol. The van der Waals surface area contributed by atoms with E-state index in [1.54, 1.807) is 29.2 Å². The van der Waals surface area contributed by atoms with Crippen LogP contribution in [0.4, 0.5) is 10.5 Å². The molecule has 0 spiro atoms. The summed E-state index contributed by atoms with van der Waals surface area (Å²) in [7, 11) is 0. The molecular formula is C24H29N3O5. The normalized spacial score (nSPS) is 13.2. The van der Waals surface area contributed by atoms with E-state index in [1.807, 2.05) is 39.0 Å². The molecule has 0 aromatic heterocycles. The van der Waals surface area contributed by atoms with Crippen LogP contribution in [0.15, 0.2) is 42.5 Å². The number of amides is 3. The number of hydrogen-bond acceptors (Lipinski definition) is 5. The van der Waals surface area contributed by atoms with Crippen molar-refractivity contribution in [2.24, 2.45) is 5.73 Å². The summed E-state index contributed by atoms with van der Waals surface area (Å²) < 4.78 is 11.0. The van der Waals surface area contributed by atoms with Gasteiger partial charge in [0.1, 0.15) is 11.4 Å². The molecule has 8 nitrogen and oxygen atoms in total. The number of carbonyl (C=O) groups is 3. The summed E-state index contributed by atoms with van der Waals surface area (Å²) in [4.78, 5) is 37.7. The molecule has 0 saturated carbocycles. The number of carbonyl (C=O) groups excluding carboxylic acids is 3. The van der Waals surface area contributed by atoms with E-state index in [2.05, 4.69) is 5.32 Å². The Balaban J connectivity index is 1.60. The quantitative estimate of drug-likeness (QED) is 0.718. The maximum absolute atomic E-state index is 12.6. The van der Waals surface area contributed by atoms with E-state index >= 15 is 0 Å². The van der Waals surface area contributed by atoms with Gasteiger partial charge in [0, 0.05) is 18.7 Å². The minimum absolute atomic E-state index is 0.158. The number of ether oxygens (including phenoxy) is 2. The van der Waals surface area contributed by atoms with Gasteiger partial charge in [0.05, 0.1) is 5.69 Å². The standard InChI is InChI=1S/C24H29N3O5/c1-24(2,3)32-23(30)27-13-5-7-19-17(6-4-8-20(19)27)14-26-21(28)15-31-18-11-9-16(10-12-18)22(25)29/h4,6,8-12H,5,7,13-15H2,1-3H3,(H2,25,29)(H,26,28). The number of benzene rings is 2. The Morgan fingerprint density at radius 2 is 1.81 bits per heavy atom. The van der Waals surface area contributed by atoms with Crippen molar-refractivity contribution in [2.45, 2.75) is 45.8 Å². The molecule has 0 fully saturated rings. The molecule has 1 heterocycles. The van der Waals surface area contributed by atoms with Gasteiger partial charge in [-0.2, -0.15) is 0 Å². The highest BCUT2D eigenvalue weighted by molar-refractivity contribution is 5.92. The van der Waals surface area contributed by atoms with Crippen molar-refractivity contribution in [3.05, 3.63) is 59.2 Å². The Morgan fingerprint density at radius 3 is 2.47 bits per heavy atom. The summed E-state index contributed by atoms with van der Waals surface area (Å²) in [5, 5.41) is 2.86. The molecular weight excluding hydrogens is 410 g/mol. The second-order valence-corrected chi connectivity index (χ2v) is 8.60. The second kappa shape index (κ2) is 9.72. The number of nitrogens with two attached hydrogens (primary N) is 1. The molecule has 2 aromatic rings. The molecule has 3 rings (SSSR count). The molecule has 8 heteroatoms. The zero-order valence-electron chi connectivity index (χ0n) is 18.6. The van der Waals surface area contributed by atoms with Crippen LogP contribution in [0.3, 0.4) is 0 Å². The number of primary amides is 1. The highest BCUT2D eigenvalue weighted by atomic mass is 16.6. The number of hydrogen-bond donors (Lipinski definition) is 2. The molecule has 0 unspecified atom stereocenters. The maximum Gasteiger partial charge on any atom is 0.414 e. The lowest BCUT2D eigenvalue weighted by atomic mass is 9.96. The molecule has 0 saturated heterocycles. The van der Waals surface area contributed by atoms with Crippen molar-refractivity contribution >= 4 is 23.6 Å². The van der Waals surface area contributed by atoms with Gasteiger partial charge in [-0.25, -0.2) is 4.79 Å². The van der Waals surface area contributed by atoms with Crippen molar-refractivity contribution in [3.8, 4) is 5.75 Å². The van der Waals surface area contributed by atoms with Gasteiger partial charge in [-0.1, -0.05) is 12.1 Å². The first-order valence-electron chi connectivity index (χ1n) is 10.5. The Labute approximate surface area is 187 Å². The van der Waals surface area contributed by atoms with Crippen LogP contribution in [0.1, 0.15) is 48.7 Å². The summed E-state index contributed by atoms with van der Waals surface area (Å²) in [5.41, 5.74) is 7.82. The van der Waals surface area contributed by atoms with Crippen LogP contribution in [0.2, 0.25) is 0 Å². The van der Waals surface area contributed by atoms with E-state index in [4.69, 9.17) is 15.2 Å². The largest absolute Gasteiger partial charge is 0.484 e. The molecule has 3 amide bonds. The van der Waals surface area contributed by atoms with E-state index in [-0.39, 0.29) is 18.6 Å². The molecule has 0 bridgehead atoms. The molecule has 170 valence electrons. The SMILES string of the molecule is CC(C)(C)OC(=O)N1CCCc2c(CNC(=O)COc3ccc(C(N)=O)cc3)cccc21. The minimum atomic E-state index is -0.569. The number of anilines is 1. The van der Waals surface area contributed by atoms with Gasteiger partial charge in [0.25, 0.3) is 5.91 Å². The van der Waals surface area contributed by atoms with Crippen molar-refractivity contribution in [3.63, 3.8) is 0 Å². The number of fused-ring (bicyclic) bond motifs is 1. The fraction of sp³-hybridized carbons (Fsp3) is 0.375. The van der Waals surface area contributed by atoms with E-state index < -0.39 is 11.5 Å². The van der Waals surface area contributed by atoms with Crippen LogP contribution >= 0.6 is 0 Å². The summed E-state index contributed by atoms with van der Waals surface area (Å²) in [6.07, 6.45) is 1.28. The molecule has 32 heavy (non-hydrogen) atoms. The average molecular weight is 440 g/mol. The van der Waals surface area contributed by atoms with Crippen molar-refractivity contribution < 1.29 is 23.9 Å². The van der Waals surface area contributed by atoms with Crippen molar-refractivity contribution in [1.29, 1.82) is 0 Å². The van der Waals surface area contributed by atoms with Gasteiger partial charge >= 0.3 is 6.09 Å². The van der Waals surface area contributed by atoms with E-state index in [0.717, 1.165) is 29.7 Å². The zero-order chi connectivity index (χ0) is 23.3. The minimum Gasteiger partial charge on any atom is -0.484 e. The van der Waals surface area contributed by atoms with Gasteiger partial charge in [0.2, 0.25) is 5.91 Å². The molecule has 0 radical (unpaired) electrons. The highest BCUT2D eigenvalue weighted by Crippen LogP contribution is 2.31. The smallest absolute Gasteiger partial charge is 0.414 e. The summed E-state index contributed by atoms with van der Waals surface area (Å²) in [5.74, 6) is -0.331. The van der Waals surface area contributed by atoms with Crippen LogP contribution in [0, 0.1) is 0 Å². The fourth-order valence-corrected chi connectivity index (χ4v) is 3.48. The Bertz CT molecular complexity index is 996. The van der Waals surface area contributed by atoms with Crippen LogP contribution in [0.25, 0.3) is 0 Å². The van der Waals surface area contributed by atoms with E-state index in [9.17, 15) is 14.4 Å². The predicted octanol–water partition coefficient (Wildman–Crippen LogP) is 3.17. The number of nitrogens with zero attached hydrogens (tertiary/aromatic N) is 1. The molecule has 1 aliphatic heterocycles. The van der Waals surface area contributed by atoms with Gasteiger partial charge in [-0.3, -0.25) is 14.5 Å². The van der Waals surface area contributed by atoms with Gasteiger partial charge in [-0.05, 0) is 75.1 Å². The van der Waals surface area contributed by atoms with Crippen molar-refractivity contribution in [2.75, 3.05) is 18.1 Å². The summed E-state index contributed by atoms with van der Waals surface area (Å²) >= 11 is 0. The van der Waals surface area contributed by atoms with Gasteiger partial charge in [0.15, 0.2) is 6.61 Å². The zero-order valence-corrected chi connectivity index (χ0v) is 18.6. The predicted molar refractivity (Wildman–Crippen MR) is 121 cm³/mol. The van der Waals surface area contributed by atoms with Crippen LogP contribution < -0.4 is 20.7 Å². The first-order chi connectivity index (χ1) is 15.1. The van der Waals surface area contributed by atoms with Crippen LogP contribution in [-0.2, 0) is 22.5 Å². The van der Waals surface area contributed by atoms with Crippen molar-refractivity contribution in [1.82, 2.24) is 5.32 Å². The van der Waals surface area contributed by atoms with Crippen LogP contribution in [-0.4, -0.2) is 36.7 Å². The molecule has 2 aromatic carbocycles. The highest BCUT2D eigenvalue weighted by Gasteiger charge is 2.28. The summed E-state index contributed by atoms with van der Waals surface area (Å²) in [6, 6.07) is 12.0. The van der Waals surface area contributed by atoms with E-state index in [1.165, 1.54) is 0 Å². The topological polar surface area (TPSA) is 111 Å². The fourth-order valence-electron chi connectivity index (χ4n) is 3.48. The first-order valence-corrected chi connectivity index (χ1v) is 10.5. The van der Waals surface area contributed by atoms with E-state index in [0.29, 0.717) is 24.4 Å². The Kier molecular flexibility index (Phi) is 7.02.